The first-order chi connectivity index (χ1) is 14.0. The predicted molar refractivity (Wildman–Crippen MR) is 107 cm³/mol. The SMILES string of the molecule is COc1ccc([C@@H]2CCCN2C(=O)CCN2C(=O)NC3(CCCCC3)C2=O)cc1. The molecule has 0 radical (unpaired) electrons. The van der Waals surface area contributed by atoms with Crippen molar-refractivity contribution in [2.75, 3.05) is 20.2 Å². The highest BCUT2D eigenvalue weighted by Gasteiger charge is 2.51. The third-order valence-corrected chi connectivity index (χ3v) is 6.58. The average molecular weight is 399 g/mol. The molecular formula is C22H29N3O4. The molecule has 0 unspecified atom stereocenters. The van der Waals surface area contributed by atoms with Gasteiger partial charge < -0.3 is 15.0 Å². The molecule has 29 heavy (non-hydrogen) atoms. The maximum atomic E-state index is 12.9. The first-order valence-corrected chi connectivity index (χ1v) is 10.6. The zero-order chi connectivity index (χ0) is 20.4. The number of hydrogen-bond donors (Lipinski definition) is 1. The summed E-state index contributed by atoms with van der Waals surface area (Å²) in [5.74, 6) is 0.636. The lowest BCUT2D eigenvalue weighted by Crippen LogP contribution is -2.48. The van der Waals surface area contributed by atoms with E-state index >= 15 is 0 Å². The summed E-state index contributed by atoms with van der Waals surface area (Å²) in [4.78, 5) is 41.3. The van der Waals surface area contributed by atoms with Gasteiger partial charge in [-0.25, -0.2) is 4.79 Å². The standard InChI is InChI=1S/C22H29N3O4/c1-29-17-9-7-16(8-10-17)18-6-5-14-24(18)19(26)11-15-25-20(27)22(23-21(25)28)12-3-2-4-13-22/h7-10,18H,2-6,11-15H2,1H3,(H,23,28)/t18-/m0/s1. The number of nitrogens with zero attached hydrogens (tertiary/aromatic N) is 2. The number of imide groups is 1. The molecule has 0 aromatic heterocycles. The Kier molecular flexibility index (Phi) is 5.48. The Bertz CT molecular complexity index is 786. The summed E-state index contributed by atoms with van der Waals surface area (Å²) in [7, 11) is 1.63. The highest BCUT2D eigenvalue weighted by Crippen LogP contribution is 2.35. The smallest absolute Gasteiger partial charge is 0.325 e. The van der Waals surface area contributed by atoms with Crippen molar-refractivity contribution in [1.29, 1.82) is 0 Å². The average Bonchev–Trinajstić information content (AvgIpc) is 3.31. The van der Waals surface area contributed by atoms with E-state index in [9.17, 15) is 14.4 Å². The van der Waals surface area contributed by atoms with Crippen LogP contribution < -0.4 is 10.1 Å². The van der Waals surface area contributed by atoms with Gasteiger partial charge in [0.2, 0.25) is 5.91 Å². The molecule has 3 fully saturated rings. The molecule has 2 aliphatic heterocycles. The molecule has 1 atom stereocenters. The van der Waals surface area contributed by atoms with Crippen LogP contribution in [0.3, 0.4) is 0 Å². The zero-order valence-corrected chi connectivity index (χ0v) is 17.0. The summed E-state index contributed by atoms with van der Waals surface area (Å²) in [5.41, 5.74) is 0.366. The second-order valence-electron chi connectivity index (χ2n) is 8.30. The minimum atomic E-state index is -0.725. The van der Waals surface area contributed by atoms with Crippen molar-refractivity contribution >= 4 is 17.8 Å². The first kappa shape index (κ1) is 19.7. The lowest BCUT2D eigenvalue weighted by Gasteiger charge is -2.30. The summed E-state index contributed by atoms with van der Waals surface area (Å²) in [6.07, 6.45) is 6.46. The summed E-state index contributed by atoms with van der Waals surface area (Å²) >= 11 is 0. The van der Waals surface area contributed by atoms with E-state index in [2.05, 4.69) is 5.32 Å². The van der Waals surface area contributed by atoms with Crippen molar-refractivity contribution in [3.63, 3.8) is 0 Å². The van der Waals surface area contributed by atoms with E-state index in [1.807, 2.05) is 29.2 Å². The van der Waals surface area contributed by atoms with Crippen LogP contribution in [0, 0.1) is 0 Å². The fraction of sp³-hybridized carbons (Fsp3) is 0.591. The molecule has 0 bridgehead atoms. The van der Waals surface area contributed by atoms with Gasteiger partial charge in [0, 0.05) is 19.5 Å². The molecule has 4 amide bonds. The van der Waals surface area contributed by atoms with E-state index in [-0.39, 0.29) is 36.9 Å². The minimum absolute atomic E-state index is 0.00601. The number of likely N-dealkylation sites (tertiary alicyclic amines) is 1. The molecule has 7 heteroatoms. The van der Waals surface area contributed by atoms with Gasteiger partial charge in [-0.1, -0.05) is 31.4 Å². The Morgan fingerprint density at radius 1 is 1.14 bits per heavy atom. The van der Waals surface area contributed by atoms with Crippen molar-refractivity contribution in [1.82, 2.24) is 15.1 Å². The van der Waals surface area contributed by atoms with Crippen LogP contribution in [0.1, 0.15) is 63.0 Å². The highest BCUT2D eigenvalue weighted by atomic mass is 16.5. The molecule has 1 N–H and O–H groups in total. The number of nitrogens with one attached hydrogen (secondary N) is 1. The van der Waals surface area contributed by atoms with E-state index in [1.54, 1.807) is 7.11 Å². The van der Waals surface area contributed by atoms with Gasteiger partial charge in [0.25, 0.3) is 5.91 Å². The van der Waals surface area contributed by atoms with Gasteiger partial charge in [0.05, 0.1) is 13.2 Å². The van der Waals surface area contributed by atoms with E-state index in [1.165, 1.54) is 4.90 Å². The Hall–Kier alpha value is -2.57. The lowest BCUT2D eigenvalue weighted by atomic mass is 9.82. The second kappa shape index (κ2) is 8.05. The van der Waals surface area contributed by atoms with Crippen molar-refractivity contribution < 1.29 is 19.1 Å². The van der Waals surface area contributed by atoms with Crippen LogP contribution in [0.15, 0.2) is 24.3 Å². The van der Waals surface area contributed by atoms with Crippen LogP contribution in [0.25, 0.3) is 0 Å². The highest BCUT2D eigenvalue weighted by molar-refractivity contribution is 6.07. The van der Waals surface area contributed by atoms with Crippen LogP contribution >= 0.6 is 0 Å². The molecule has 7 nitrogen and oxygen atoms in total. The van der Waals surface area contributed by atoms with Gasteiger partial charge in [-0.3, -0.25) is 14.5 Å². The van der Waals surface area contributed by atoms with E-state index in [0.717, 1.165) is 43.4 Å². The number of hydrogen-bond acceptors (Lipinski definition) is 4. The molecule has 1 aromatic carbocycles. The lowest BCUT2D eigenvalue weighted by molar-refractivity contribution is -0.134. The molecule has 1 aromatic rings. The second-order valence-corrected chi connectivity index (χ2v) is 8.30. The van der Waals surface area contributed by atoms with Crippen molar-refractivity contribution in [3.05, 3.63) is 29.8 Å². The monoisotopic (exact) mass is 399 g/mol. The van der Waals surface area contributed by atoms with E-state index in [0.29, 0.717) is 19.4 Å². The van der Waals surface area contributed by atoms with E-state index in [4.69, 9.17) is 4.74 Å². The Morgan fingerprint density at radius 3 is 2.55 bits per heavy atom. The number of ether oxygens (including phenoxy) is 1. The van der Waals surface area contributed by atoms with Crippen molar-refractivity contribution in [2.24, 2.45) is 0 Å². The summed E-state index contributed by atoms with van der Waals surface area (Å²) in [6, 6.07) is 7.51. The molecule has 2 heterocycles. The molecule has 1 spiro atoms. The number of carbonyl (C=O) groups excluding carboxylic acids is 3. The third kappa shape index (κ3) is 3.70. The van der Waals surface area contributed by atoms with Crippen molar-refractivity contribution in [3.8, 4) is 5.75 Å². The van der Waals surface area contributed by atoms with Crippen LogP contribution in [0.4, 0.5) is 4.79 Å². The molecule has 2 saturated heterocycles. The quantitative estimate of drug-likeness (QED) is 0.772. The molecule has 1 saturated carbocycles. The van der Waals surface area contributed by atoms with Gasteiger partial charge >= 0.3 is 6.03 Å². The zero-order valence-electron chi connectivity index (χ0n) is 17.0. The first-order valence-electron chi connectivity index (χ1n) is 10.6. The van der Waals surface area contributed by atoms with Gasteiger partial charge in [-0.2, -0.15) is 0 Å². The number of benzene rings is 1. The molecule has 1 aliphatic carbocycles. The molecule has 156 valence electrons. The van der Waals surface area contributed by atoms with Gasteiger partial charge in [0.1, 0.15) is 11.3 Å². The minimum Gasteiger partial charge on any atom is -0.497 e. The van der Waals surface area contributed by atoms with Crippen molar-refractivity contribution in [2.45, 2.75) is 62.9 Å². The molecule has 4 rings (SSSR count). The number of urea groups is 1. The van der Waals surface area contributed by atoms with Crippen LogP contribution in [-0.4, -0.2) is 53.4 Å². The Balaban J connectivity index is 1.38. The topological polar surface area (TPSA) is 79.0 Å². The summed E-state index contributed by atoms with van der Waals surface area (Å²) in [6.45, 7) is 0.858. The maximum Gasteiger partial charge on any atom is 0.325 e. The van der Waals surface area contributed by atoms with Gasteiger partial charge in [0.15, 0.2) is 0 Å². The van der Waals surface area contributed by atoms with Crippen LogP contribution in [0.2, 0.25) is 0 Å². The Morgan fingerprint density at radius 2 is 1.86 bits per heavy atom. The van der Waals surface area contributed by atoms with Gasteiger partial charge in [-0.05, 0) is 43.4 Å². The van der Waals surface area contributed by atoms with E-state index < -0.39 is 5.54 Å². The number of carbonyl (C=O) groups is 3. The predicted octanol–water partition coefficient (Wildman–Crippen LogP) is 3.00. The van der Waals surface area contributed by atoms with Crippen LogP contribution in [-0.2, 0) is 9.59 Å². The largest absolute Gasteiger partial charge is 0.497 e. The van der Waals surface area contributed by atoms with Crippen LogP contribution in [0.5, 0.6) is 5.75 Å². The summed E-state index contributed by atoms with van der Waals surface area (Å²) < 4.78 is 5.21. The van der Waals surface area contributed by atoms with Gasteiger partial charge in [-0.15, -0.1) is 0 Å². The molecule has 3 aliphatic rings. The third-order valence-electron chi connectivity index (χ3n) is 6.58. The fourth-order valence-electron chi connectivity index (χ4n) is 4.96. The molecular weight excluding hydrogens is 370 g/mol. The fourth-order valence-corrected chi connectivity index (χ4v) is 4.96. The Labute approximate surface area is 171 Å². The number of amides is 4. The number of methoxy groups -OCH3 is 1. The normalized spacial score (nSPS) is 23.6. The maximum absolute atomic E-state index is 12.9. The number of rotatable bonds is 5. The summed E-state index contributed by atoms with van der Waals surface area (Å²) in [5, 5.41) is 2.91.